The fourth-order valence-corrected chi connectivity index (χ4v) is 3.70. The zero-order chi connectivity index (χ0) is 20.9. The third kappa shape index (κ3) is 5.27. The normalized spacial score (nSPS) is 12.2. The molecule has 0 aromatic heterocycles. The van der Waals surface area contributed by atoms with Crippen LogP contribution in [0, 0.1) is 17.0 Å². The lowest BCUT2D eigenvalue weighted by atomic mass is 10.2. The Hall–Kier alpha value is -2.98. The van der Waals surface area contributed by atoms with Gasteiger partial charge < -0.3 is 10.1 Å². The molecular formula is C18H21N3O6S. The summed E-state index contributed by atoms with van der Waals surface area (Å²) in [6, 6.07) is 8.68. The number of hydrogen-bond acceptors (Lipinski definition) is 6. The van der Waals surface area contributed by atoms with Gasteiger partial charge in [-0.25, -0.2) is 8.42 Å². The van der Waals surface area contributed by atoms with Gasteiger partial charge in [-0.05, 0) is 50.6 Å². The molecule has 0 aliphatic carbocycles. The summed E-state index contributed by atoms with van der Waals surface area (Å²) in [5.74, 6) is -0.0651. The third-order valence-corrected chi connectivity index (χ3v) is 5.34. The number of rotatable bonds is 8. The molecule has 0 heterocycles. The number of hydrogen-bond donors (Lipinski definition) is 2. The number of aryl methyl sites for hydroxylation is 1. The number of benzene rings is 2. The van der Waals surface area contributed by atoms with Crippen LogP contribution < -0.4 is 14.8 Å². The first kappa shape index (κ1) is 21.3. The van der Waals surface area contributed by atoms with Crippen LogP contribution in [0.2, 0.25) is 0 Å². The lowest BCUT2D eigenvalue weighted by Crippen LogP contribution is -2.41. The highest BCUT2D eigenvalue weighted by molar-refractivity contribution is 7.89. The first-order chi connectivity index (χ1) is 13.1. The Morgan fingerprint density at radius 2 is 1.96 bits per heavy atom. The first-order valence-electron chi connectivity index (χ1n) is 8.45. The summed E-state index contributed by atoms with van der Waals surface area (Å²) in [6.07, 6.45) is 0. The summed E-state index contributed by atoms with van der Waals surface area (Å²) in [6.45, 7) is 5.39. The van der Waals surface area contributed by atoms with E-state index in [1.807, 2.05) is 6.92 Å². The molecule has 0 unspecified atom stereocenters. The number of nitro benzene ring substituents is 1. The molecule has 0 radical (unpaired) electrons. The fraction of sp³-hybridized carbons (Fsp3) is 0.278. The molecule has 0 saturated carbocycles. The van der Waals surface area contributed by atoms with Crippen LogP contribution in [0.25, 0.3) is 0 Å². The zero-order valence-electron chi connectivity index (χ0n) is 15.6. The quantitative estimate of drug-likeness (QED) is 0.511. The lowest BCUT2D eigenvalue weighted by molar-refractivity contribution is -0.384. The number of nitro groups is 1. The molecule has 10 heteroatoms. The molecule has 0 saturated heterocycles. The van der Waals surface area contributed by atoms with Crippen molar-refractivity contribution in [3.63, 3.8) is 0 Å². The van der Waals surface area contributed by atoms with Crippen LogP contribution in [-0.4, -0.2) is 31.9 Å². The first-order valence-corrected chi connectivity index (χ1v) is 9.93. The van der Waals surface area contributed by atoms with E-state index in [0.29, 0.717) is 17.9 Å². The van der Waals surface area contributed by atoms with Crippen LogP contribution in [-0.2, 0) is 14.8 Å². The van der Waals surface area contributed by atoms with E-state index < -0.39 is 26.9 Å². The van der Waals surface area contributed by atoms with Gasteiger partial charge >= 0.3 is 0 Å². The summed E-state index contributed by atoms with van der Waals surface area (Å²) in [7, 11) is -3.95. The minimum absolute atomic E-state index is 0.00320. The molecule has 150 valence electrons. The Balaban J connectivity index is 2.11. The summed E-state index contributed by atoms with van der Waals surface area (Å²) >= 11 is 0. The Morgan fingerprint density at radius 3 is 2.57 bits per heavy atom. The van der Waals surface area contributed by atoms with Crippen molar-refractivity contribution < 1.29 is 22.9 Å². The number of carbonyl (C=O) groups excluding carboxylic acids is 1. The fourth-order valence-electron chi connectivity index (χ4n) is 2.41. The monoisotopic (exact) mass is 407 g/mol. The second-order valence-corrected chi connectivity index (χ2v) is 7.71. The summed E-state index contributed by atoms with van der Waals surface area (Å²) in [5, 5.41) is 13.3. The molecule has 28 heavy (non-hydrogen) atoms. The predicted octanol–water partition coefficient (Wildman–Crippen LogP) is 2.61. The number of amides is 1. The highest BCUT2D eigenvalue weighted by Crippen LogP contribution is 2.22. The van der Waals surface area contributed by atoms with E-state index in [2.05, 4.69) is 10.0 Å². The number of sulfonamides is 1. The molecule has 0 spiro atoms. The number of ether oxygens (including phenoxy) is 1. The van der Waals surface area contributed by atoms with Gasteiger partial charge in [0.2, 0.25) is 15.9 Å². The van der Waals surface area contributed by atoms with Crippen molar-refractivity contribution in [2.75, 3.05) is 11.9 Å². The van der Waals surface area contributed by atoms with Crippen molar-refractivity contribution in [3.8, 4) is 5.75 Å². The number of carbonyl (C=O) groups is 1. The maximum Gasteiger partial charge on any atom is 0.271 e. The van der Waals surface area contributed by atoms with Gasteiger partial charge in [-0.1, -0.05) is 6.07 Å². The molecule has 2 aromatic carbocycles. The molecule has 1 atom stereocenters. The van der Waals surface area contributed by atoms with Gasteiger partial charge in [0.05, 0.1) is 22.5 Å². The van der Waals surface area contributed by atoms with Crippen molar-refractivity contribution in [2.24, 2.45) is 0 Å². The summed E-state index contributed by atoms with van der Waals surface area (Å²) in [5.41, 5.74) is 0.663. The number of nitrogens with zero attached hydrogens (tertiary/aromatic N) is 1. The molecule has 2 aromatic rings. The van der Waals surface area contributed by atoms with Crippen molar-refractivity contribution in [1.82, 2.24) is 4.72 Å². The predicted molar refractivity (Wildman–Crippen MR) is 104 cm³/mol. The van der Waals surface area contributed by atoms with Gasteiger partial charge in [0.15, 0.2) is 0 Å². The molecule has 0 aliphatic heterocycles. The molecule has 0 bridgehead atoms. The molecule has 2 rings (SSSR count). The van der Waals surface area contributed by atoms with Gasteiger partial charge in [0.1, 0.15) is 5.75 Å². The molecular weight excluding hydrogens is 386 g/mol. The van der Waals surface area contributed by atoms with E-state index >= 15 is 0 Å². The highest BCUT2D eigenvalue weighted by Gasteiger charge is 2.23. The van der Waals surface area contributed by atoms with E-state index in [4.69, 9.17) is 4.74 Å². The van der Waals surface area contributed by atoms with Crippen LogP contribution in [0.5, 0.6) is 5.75 Å². The lowest BCUT2D eigenvalue weighted by Gasteiger charge is -2.15. The minimum Gasteiger partial charge on any atom is -0.494 e. The number of anilines is 1. The van der Waals surface area contributed by atoms with Crippen molar-refractivity contribution >= 4 is 27.3 Å². The van der Waals surface area contributed by atoms with E-state index in [0.717, 1.165) is 0 Å². The van der Waals surface area contributed by atoms with Gasteiger partial charge in [-0.2, -0.15) is 4.72 Å². The third-order valence-electron chi connectivity index (χ3n) is 3.81. The smallest absolute Gasteiger partial charge is 0.271 e. The van der Waals surface area contributed by atoms with Crippen molar-refractivity contribution in [2.45, 2.75) is 31.7 Å². The van der Waals surface area contributed by atoms with E-state index in [1.54, 1.807) is 13.0 Å². The Morgan fingerprint density at radius 1 is 1.25 bits per heavy atom. The molecule has 0 fully saturated rings. The van der Waals surface area contributed by atoms with Crippen LogP contribution in [0.4, 0.5) is 11.4 Å². The average molecular weight is 407 g/mol. The molecule has 9 nitrogen and oxygen atoms in total. The molecule has 2 N–H and O–H groups in total. The summed E-state index contributed by atoms with van der Waals surface area (Å²) < 4.78 is 32.8. The maximum absolute atomic E-state index is 12.5. The Bertz CT molecular complexity index is 991. The molecule has 0 aliphatic rings. The van der Waals surface area contributed by atoms with Crippen LogP contribution in [0.1, 0.15) is 19.4 Å². The van der Waals surface area contributed by atoms with Gasteiger partial charge in [-0.3, -0.25) is 14.9 Å². The molecule has 1 amide bonds. The Kier molecular flexibility index (Phi) is 6.71. The standard InChI is InChI=1S/C18H21N3O6S/c1-4-27-17-9-8-16(10-12(17)2)28(25,26)20-13(3)18(22)19-14-6-5-7-15(11-14)21(23)24/h5-11,13,20H,4H2,1-3H3,(H,19,22)/t13-/m1/s1. The van der Waals surface area contributed by atoms with Crippen LogP contribution in [0.3, 0.4) is 0 Å². The van der Waals surface area contributed by atoms with Crippen molar-refractivity contribution in [3.05, 3.63) is 58.1 Å². The maximum atomic E-state index is 12.5. The second kappa shape index (κ2) is 8.81. The van der Waals surface area contributed by atoms with Gasteiger partial charge in [0.25, 0.3) is 5.69 Å². The summed E-state index contributed by atoms with van der Waals surface area (Å²) in [4.78, 5) is 22.5. The van der Waals surface area contributed by atoms with E-state index in [9.17, 15) is 23.3 Å². The Labute approximate surface area is 162 Å². The highest BCUT2D eigenvalue weighted by atomic mass is 32.2. The minimum atomic E-state index is -3.95. The van der Waals surface area contributed by atoms with Crippen LogP contribution >= 0.6 is 0 Å². The largest absolute Gasteiger partial charge is 0.494 e. The van der Waals surface area contributed by atoms with E-state index in [-0.39, 0.29) is 16.3 Å². The number of non-ortho nitro benzene ring substituents is 1. The van der Waals surface area contributed by atoms with Gasteiger partial charge in [-0.15, -0.1) is 0 Å². The zero-order valence-corrected chi connectivity index (χ0v) is 16.4. The van der Waals surface area contributed by atoms with E-state index in [1.165, 1.54) is 43.3 Å². The average Bonchev–Trinajstić information content (AvgIpc) is 2.63. The number of nitrogens with one attached hydrogen (secondary N) is 2. The second-order valence-electron chi connectivity index (χ2n) is 6.00. The van der Waals surface area contributed by atoms with Gasteiger partial charge in [0, 0.05) is 17.8 Å². The van der Waals surface area contributed by atoms with Crippen molar-refractivity contribution in [1.29, 1.82) is 0 Å². The van der Waals surface area contributed by atoms with Crippen LogP contribution in [0.15, 0.2) is 47.4 Å². The topological polar surface area (TPSA) is 128 Å². The SMILES string of the molecule is CCOc1ccc(S(=O)(=O)N[C@H](C)C(=O)Nc2cccc([N+](=O)[O-])c2)cc1C.